The van der Waals surface area contributed by atoms with Crippen LogP contribution in [0.15, 0.2) is 66.9 Å². The molecule has 5 nitrogen and oxygen atoms in total. The Hall–Kier alpha value is -3.05. The molecule has 5 heteroatoms. The SMILES string of the molecule is O=C(C1C=CCCC1)N1c2ccccc2CCC1CN1CCN(c2cccc3[nH]ccc23)CC1. The van der Waals surface area contributed by atoms with Crippen molar-refractivity contribution in [1.82, 2.24) is 9.88 Å². The number of para-hydroxylation sites is 1. The highest BCUT2D eigenvalue weighted by molar-refractivity contribution is 5.98. The number of hydrogen-bond donors (Lipinski definition) is 1. The number of carbonyl (C=O) groups is 1. The molecule has 1 fully saturated rings. The lowest BCUT2D eigenvalue weighted by molar-refractivity contribution is -0.122. The van der Waals surface area contributed by atoms with E-state index in [2.05, 4.69) is 80.4 Å². The summed E-state index contributed by atoms with van der Waals surface area (Å²) < 4.78 is 0. The van der Waals surface area contributed by atoms with E-state index in [1.165, 1.54) is 22.2 Å². The molecule has 3 aromatic rings. The molecular weight excluding hydrogens is 420 g/mol. The van der Waals surface area contributed by atoms with Gasteiger partial charge < -0.3 is 14.8 Å². The molecule has 0 radical (unpaired) electrons. The lowest BCUT2D eigenvalue weighted by Gasteiger charge is -2.43. The second-order valence-electron chi connectivity index (χ2n) is 10.00. The van der Waals surface area contributed by atoms with Gasteiger partial charge in [-0.15, -0.1) is 0 Å². The van der Waals surface area contributed by atoms with E-state index in [-0.39, 0.29) is 12.0 Å². The number of hydrogen-bond acceptors (Lipinski definition) is 3. The number of aromatic amines is 1. The average molecular weight is 455 g/mol. The van der Waals surface area contributed by atoms with Gasteiger partial charge in [-0.05, 0) is 61.9 Å². The monoisotopic (exact) mass is 454 g/mol. The Morgan fingerprint density at radius 1 is 0.941 bits per heavy atom. The normalized spacial score (nSPS) is 23.3. The third-order valence-electron chi connectivity index (χ3n) is 7.93. The quantitative estimate of drug-likeness (QED) is 0.565. The first-order valence-corrected chi connectivity index (χ1v) is 12.9. The van der Waals surface area contributed by atoms with E-state index in [0.29, 0.717) is 5.91 Å². The first-order chi connectivity index (χ1) is 16.8. The minimum absolute atomic E-state index is 0.0288. The van der Waals surface area contributed by atoms with Gasteiger partial charge in [-0.3, -0.25) is 9.69 Å². The van der Waals surface area contributed by atoms with Crippen LogP contribution in [0, 0.1) is 5.92 Å². The Bertz CT molecular complexity index is 1190. The minimum atomic E-state index is 0.0288. The molecule has 34 heavy (non-hydrogen) atoms. The number of allylic oxidation sites excluding steroid dienone is 1. The summed E-state index contributed by atoms with van der Waals surface area (Å²) in [4.78, 5) is 24.3. The van der Waals surface area contributed by atoms with Gasteiger partial charge in [0, 0.05) is 67.2 Å². The standard InChI is InChI=1S/C29H34N4O/c34-29(23-8-2-1-3-9-23)33-24(14-13-22-7-4-5-11-27(22)33)21-31-17-19-32(20-18-31)28-12-6-10-26-25(28)15-16-30-26/h2,4-8,10-12,15-16,23-24,30H,1,3,9,13-14,17-21H2. The van der Waals surface area contributed by atoms with Crippen molar-refractivity contribution in [1.29, 1.82) is 0 Å². The van der Waals surface area contributed by atoms with Gasteiger partial charge in [-0.1, -0.05) is 36.4 Å². The summed E-state index contributed by atoms with van der Waals surface area (Å²) in [6.07, 6.45) is 11.7. The fourth-order valence-corrected chi connectivity index (χ4v) is 6.09. The summed E-state index contributed by atoms with van der Waals surface area (Å²) in [6, 6.07) is 17.5. The van der Waals surface area contributed by atoms with E-state index in [0.717, 1.165) is 70.5 Å². The van der Waals surface area contributed by atoms with Crippen LogP contribution in [-0.2, 0) is 11.2 Å². The van der Waals surface area contributed by atoms with Gasteiger partial charge in [0.25, 0.3) is 0 Å². The summed E-state index contributed by atoms with van der Waals surface area (Å²) in [7, 11) is 0. The van der Waals surface area contributed by atoms with Crippen molar-refractivity contribution in [2.24, 2.45) is 5.92 Å². The summed E-state index contributed by atoms with van der Waals surface area (Å²) in [5.41, 5.74) is 4.98. The van der Waals surface area contributed by atoms with Crippen LogP contribution in [-0.4, -0.2) is 54.6 Å². The number of anilines is 2. The van der Waals surface area contributed by atoms with Gasteiger partial charge in [-0.25, -0.2) is 0 Å². The number of amides is 1. The predicted octanol–water partition coefficient (Wildman–Crippen LogP) is 4.99. The lowest BCUT2D eigenvalue weighted by atomic mass is 9.90. The number of nitrogens with one attached hydrogen (secondary N) is 1. The van der Waals surface area contributed by atoms with E-state index in [9.17, 15) is 4.79 Å². The molecule has 2 aliphatic heterocycles. The highest BCUT2D eigenvalue weighted by atomic mass is 16.2. The molecule has 1 amide bonds. The van der Waals surface area contributed by atoms with Crippen molar-refractivity contribution in [2.45, 2.75) is 38.1 Å². The van der Waals surface area contributed by atoms with Crippen LogP contribution in [0.1, 0.15) is 31.2 Å². The number of nitrogens with zero attached hydrogens (tertiary/aromatic N) is 3. The summed E-state index contributed by atoms with van der Waals surface area (Å²) >= 11 is 0. The zero-order valence-corrected chi connectivity index (χ0v) is 19.8. The Morgan fingerprint density at radius 2 is 1.79 bits per heavy atom. The molecule has 6 rings (SSSR count). The molecule has 3 heterocycles. The number of rotatable bonds is 4. The number of benzene rings is 2. The molecular formula is C29H34N4O. The lowest BCUT2D eigenvalue weighted by Crippen LogP contribution is -2.55. The fraction of sp³-hybridized carbons (Fsp3) is 0.414. The molecule has 1 aliphatic carbocycles. The second kappa shape index (κ2) is 9.30. The third kappa shape index (κ3) is 4.03. The number of aromatic nitrogens is 1. The van der Waals surface area contributed by atoms with E-state index in [4.69, 9.17) is 0 Å². The zero-order valence-electron chi connectivity index (χ0n) is 19.8. The van der Waals surface area contributed by atoms with Crippen LogP contribution in [0.3, 0.4) is 0 Å². The van der Waals surface area contributed by atoms with Crippen LogP contribution < -0.4 is 9.80 Å². The maximum absolute atomic E-state index is 13.7. The smallest absolute Gasteiger partial charge is 0.234 e. The van der Waals surface area contributed by atoms with Crippen molar-refractivity contribution >= 4 is 28.2 Å². The molecule has 1 aromatic heterocycles. The first kappa shape index (κ1) is 21.5. The molecule has 2 unspecified atom stereocenters. The summed E-state index contributed by atoms with van der Waals surface area (Å²) in [6.45, 7) is 5.06. The van der Waals surface area contributed by atoms with E-state index in [1.54, 1.807) is 0 Å². The maximum Gasteiger partial charge on any atom is 0.234 e. The molecule has 1 N–H and O–H groups in total. The molecule has 0 saturated carbocycles. The highest BCUT2D eigenvalue weighted by Gasteiger charge is 2.35. The van der Waals surface area contributed by atoms with Crippen molar-refractivity contribution in [3.05, 3.63) is 72.4 Å². The van der Waals surface area contributed by atoms with Crippen LogP contribution in [0.25, 0.3) is 10.9 Å². The van der Waals surface area contributed by atoms with Crippen molar-refractivity contribution in [3.8, 4) is 0 Å². The predicted molar refractivity (Wildman–Crippen MR) is 139 cm³/mol. The molecule has 176 valence electrons. The van der Waals surface area contributed by atoms with Gasteiger partial charge >= 0.3 is 0 Å². The fourth-order valence-electron chi connectivity index (χ4n) is 6.09. The minimum Gasteiger partial charge on any atom is -0.368 e. The van der Waals surface area contributed by atoms with Crippen molar-refractivity contribution < 1.29 is 4.79 Å². The van der Waals surface area contributed by atoms with E-state index in [1.807, 2.05) is 6.20 Å². The van der Waals surface area contributed by atoms with Gasteiger partial charge in [0.2, 0.25) is 5.91 Å². The average Bonchev–Trinajstić information content (AvgIpc) is 3.38. The second-order valence-corrected chi connectivity index (χ2v) is 10.00. The topological polar surface area (TPSA) is 42.6 Å². The van der Waals surface area contributed by atoms with Gasteiger partial charge in [0.05, 0.1) is 5.92 Å². The van der Waals surface area contributed by atoms with Gasteiger partial charge in [0.1, 0.15) is 0 Å². The Labute approximate surface area is 202 Å². The molecule has 0 spiro atoms. The van der Waals surface area contributed by atoms with Crippen molar-refractivity contribution in [2.75, 3.05) is 42.5 Å². The summed E-state index contributed by atoms with van der Waals surface area (Å²) in [5.74, 6) is 0.326. The summed E-state index contributed by atoms with van der Waals surface area (Å²) in [5, 5.41) is 1.30. The molecule has 2 aromatic carbocycles. The number of fused-ring (bicyclic) bond motifs is 2. The molecule has 2 atom stereocenters. The van der Waals surface area contributed by atoms with Gasteiger partial charge in [0.15, 0.2) is 0 Å². The largest absolute Gasteiger partial charge is 0.368 e. The first-order valence-electron chi connectivity index (χ1n) is 12.9. The Balaban J connectivity index is 1.18. The number of H-pyrrole nitrogens is 1. The van der Waals surface area contributed by atoms with Crippen LogP contribution in [0.4, 0.5) is 11.4 Å². The zero-order chi connectivity index (χ0) is 22.9. The number of carbonyl (C=O) groups excluding carboxylic acids is 1. The number of piperazine rings is 1. The van der Waals surface area contributed by atoms with E-state index < -0.39 is 0 Å². The Morgan fingerprint density at radius 3 is 2.65 bits per heavy atom. The van der Waals surface area contributed by atoms with Crippen molar-refractivity contribution in [3.63, 3.8) is 0 Å². The molecule has 0 bridgehead atoms. The molecule has 3 aliphatic rings. The van der Waals surface area contributed by atoms with Crippen LogP contribution in [0.5, 0.6) is 0 Å². The van der Waals surface area contributed by atoms with Gasteiger partial charge in [-0.2, -0.15) is 0 Å². The maximum atomic E-state index is 13.7. The van der Waals surface area contributed by atoms with Crippen LogP contribution >= 0.6 is 0 Å². The number of aryl methyl sites for hydroxylation is 1. The Kier molecular flexibility index (Phi) is 5.88. The molecule has 1 saturated heterocycles. The highest BCUT2D eigenvalue weighted by Crippen LogP contribution is 2.34. The third-order valence-corrected chi connectivity index (χ3v) is 7.93. The van der Waals surface area contributed by atoms with E-state index >= 15 is 0 Å². The van der Waals surface area contributed by atoms with Crippen LogP contribution in [0.2, 0.25) is 0 Å².